The zero-order valence-corrected chi connectivity index (χ0v) is 15.1. The Morgan fingerprint density at radius 2 is 1.74 bits per heavy atom. The molecule has 2 heterocycles. The minimum Gasteiger partial charge on any atom is -0.406 e. The third-order valence-corrected chi connectivity index (χ3v) is 6.36. The molecule has 2 saturated heterocycles. The molecule has 2 aliphatic rings. The number of carbonyl (C=O) groups is 1. The van der Waals surface area contributed by atoms with E-state index in [9.17, 15) is 26.4 Å². The van der Waals surface area contributed by atoms with E-state index in [-0.39, 0.29) is 37.0 Å². The number of benzene rings is 1. The van der Waals surface area contributed by atoms with Crippen LogP contribution in [0.5, 0.6) is 5.75 Å². The highest BCUT2D eigenvalue weighted by Gasteiger charge is 2.34. The van der Waals surface area contributed by atoms with Crippen LogP contribution < -0.4 is 4.74 Å². The fraction of sp³-hybridized carbons (Fsp3) is 0.562. The molecule has 1 amide bonds. The number of carbonyl (C=O) groups excluding carboxylic acids is 1. The van der Waals surface area contributed by atoms with Crippen LogP contribution in [0.2, 0.25) is 0 Å². The predicted octanol–water partition coefficient (Wildman–Crippen LogP) is 1.60. The van der Waals surface area contributed by atoms with Gasteiger partial charge >= 0.3 is 6.36 Å². The standard InChI is InChI=1S/C16H19F3N2O5S/c17-16(18,19)26-12-3-5-13(6-4-12)27(23,24)21-9-7-20(8-10-21)15(22)14-2-1-11-25-14/h3-6,14H,1-2,7-11H2. The Morgan fingerprint density at radius 3 is 2.26 bits per heavy atom. The fourth-order valence-corrected chi connectivity index (χ4v) is 4.51. The molecular weight excluding hydrogens is 389 g/mol. The largest absolute Gasteiger partial charge is 0.573 e. The highest BCUT2D eigenvalue weighted by atomic mass is 32.2. The molecular formula is C16H19F3N2O5S. The van der Waals surface area contributed by atoms with E-state index in [4.69, 9.17) is 4.74 Å². The Hall–Kier alpha value is -1.85. The Bertz CT molecular complexity index is 768. The van der Waals surface area contributed by atoms with Crippen molar-refractivity contribution in [1.82, 2.24) is 9.21 Å². The molecule has 0 saturated carbocycles. The van der Waals surface area contributed by atoms with Gasteiger partial charge in [-0.15, -0.1) is 13.2 Å². The van der Waals surface area contributed by atoms with E-state index in [1.807, 2.05) is 0 Å². The third kappa shape index (κ3) is 4.71. The number of nitrogens with zero attached hydrogens (tertiary/aromatic N) is 2. The first-order valence-corrected chi connectivity index (χ1v) is 9.87. The van der Waals surface area contributed by atoms with E-state index in [1.165, 1.54) is 4.31 Å². The van der Waals surface area contributed by atoms with Crippen LogP contribution in [-0.4, -0.2) is 68.8 Å². The van der Waals surface area contributed by atoms with Crippen molar-refractivity contribution in [3.63, 3.8) is 0 Å². The second-order valence-corrected chi connectivity index (χ2v) is 8.19. The van der Waals surface area contributed by atoms with Gasteiger partial charge in [-0.2, -0.15) is 4.31 Å². The third-order valence-electron chi connectivity index (χ3n) is 4.45. The molecule has 2 aliphatic heterocycles. The molecule has 150 valence electrons. The van der Waals surface area contributed by atoms with Crippen molar-refractivity contribution in [2.45, 2.75) is 30.2 Å². The van der Waals surface area contributed by atoms with Crippen molar-refractivity contribution in [1.29, 1.82) is 0 Å². The monoisotopic (exact) mass is 408 g/mol. The molecule has 0 N–H and O–H groups in total. The lowest BCUT2D eigenvalue weighted by Crippen LogP contribution is -2.52. The molecule has 0 aliphatic carbocycles. The molecule has 1 unspecified atom stereocenters. The summed E-state index contributed by atoms with van der Waals surface area (Å²) in [5, 5.41) is 0. The van der Waals surface area contributed by atoms with Crippen molar-refractivity contribution in [2.24, 2.45) is 0 Å². The number of halogens is 3. The van der Waals surface area contributed by atoms with Gasteiger partial charge in [0.25, 0.3) is 5.91 Å². The molecule has 1 atom stereocenters. The average molecular weight is 408 g/mol. The van der Waals surface area contributed by atoms with Crippen molar-refractivity contribution in [3.8, 4) is 5.75 Å². The zero-order valence-electron chi connectivity index (χ0n) is 14.3. The first-order valence-electron chi connectivity index (χ1n) is 8.43. The highest BCUT2D eigenvalue weighted by Crippen LogP contribution is 2.25. The Labute approximate surface area is 154 Å². The minimum atomic E-state index is -4.84. The maximum atomic E-state index is 12.7. The van der Waals surface area contributed by atoms with Crippen LogP contribution in [0.25, 0.3) is 0 Å². The summed E-state index contributed by atoms with van der Waals surface area (Å²) in [6.45, 7) is 1.27. The molecule has 0 bridgehead atoms. The lowest BCUT2D eigenvalue weighted by Gasteiger charge is -2.35. The SMILES string of the molecule is O=C(C1CCCO1)N1CCN(S(=O)(=O)c2ccc(OC(F)(F)F)cc2)CC1. The van der Waals surface area contributed by atoms with Gasteiger partial charge < -0.3 is 14.4 Å². The van der Waals surface area contributed by atoms with Gasteiger partial charge in [-0.05, 0) is 37.1 Å². The van der Waals surface area contributed by atoms with Crippen LogP contribution in [0.1, 0.15) is 12.8 Å². The van der Waals surface area contributed by atoms with Crippen LogP contribution in [0, 0.1) is 0 Å². The van der Waals surface area contributed by atoms with Gasteiger partial charge in [0, 0.05) is 32.8 Å². The molecule has 2 fully saturated rings. The molecule has 11 heteroatoms. The summed E-state index contributed by atoms with van der Waals surface area (Å²) < 4.78 is 72.2. The highest BCUT2D eigenvalue weighted by molar-refractivity contribution is 7.89. The number of ether oxygens (including phenoxy) is 2. The molecule has 0 radical (unpaired) electrons. The molecule has 27 heavy (non-hydrogen) atoms. The fourth-order valence-electron chi connectivity index (χ4n) is 3.09. The number of alkyl halides is 3. The second kappa shape index (κ2) is 7.64. The molecule has 3 rings (SSSR count). The first kappa shape index (κ1) is 19.9. The quantitative estimate of drug-likeness (QED) is 0.757. The van der Waals surface area contributed by atoms with Crippen LogP contribution >= 0.6 is 0 Å². The van der Waals surface area contributed by atoms with Crippen molar-refractivity contribution in [2.75, 3.05) is 32.8 Å². The minimum absolute atomic E-state index is 0.113. The van der Waals surface area contributed by atoms with E-state index in [0.29, 0.717) is 13.0 Å². The lowest BCUT2D eigenvalue weighted by atomic mass is 10.2. The van der Waals surface area contributed by atoms with Crippen molar-refractivity contribution >= 4 is 15.9 Å². The number of hydrogen-bond acceptors (Lipinski definition) is 5. The maximum Gasteiger partial charge on any atom is 0.573 e. The Kier molecular flexibility index (Phi) is 5.63. The summed E-state index contributed by atoms with van der Waals surface area (Å²) in [5.74, 6) is -0.619. The summed E-state index contributed by atoms with van der Waals surface area (Å²) in [4.78, 5) is 13.8. The molecule has 7 nitrogen and oxygen atoms in total. The van der Waals surface area contributed by atoms with Gasteiger partial charge in [-0.1, -0.05) is 0 Å². The number of amides is 1. The zero-order chi connectivity index (χ0) is 19.7. The normalized spacial score (nSPS) is 22.0. The molecule has 0 aromatic heterocycles. The van der Waals surface area contributed by atoms with E-state index in [1.54, 1.807) is 4.90 Å². The van der Waals surface area contributed by atoms with E-state index in [0.717, 1.165) is 30.7 Å². The lowest BCUT2D eigenvalue weighted by molar-refractivity contribution is -0.274. The number of sulfonamides is 1. The molecule has 1 aromatic carbocycles. The van der Waals surface area contributed by atoms with Crippen molar-refractivity contribution < 1.29 is 35.9 Å². The van der Waals surface area contributed by atoms with Gasteiger partial charge in [0.15, 0.2) is 0 Å². The van der Waals surface area contributed by atoms with Crippen molar-refractivity contribution in [3.05, 3.63) is 24.3 Å². The van der Waals surface area contributed by atoms with Crippen LogP contribution in [0.15, 0.2) is 29.2 Å². The smallest absolute Gasteiger partial charge is 0.406 e. The summed E-state index contributed by atoms with van der Waals surface area (Å²) in [6.07, 6.45) is -3.79. The summed E-state index contributed by atoms with van der Waals surface area (Å²) in [6, 6.07) is 4.05. The Balaban J connectivity index is 1.62. The average Bonchev–Trinajstić information content (AvgIpc) is 3.15. The van der Waals surface area contributed by atoms with Crippen LogP contribution in [0.4, 0.5) is 13.2 Å². The topological polar surface area (TPSA) is 76.2 Å². The van der Waals surface area contributed by atoms with Crippen LogP contribution in [-0.2, 0) is 19.6 Å². The number of rotatable bonds is 4. The summed E-state index contributed by atoms with van der Waals surface area (Å²) in [7, 11) is -3.86. The van der Waals surface area contributed by atoms with Gasteiger partial charge in [0.2, 0.25) is 10.0 Å². The van der Waals surface area contributed by atoms with Gasteiger partial charge in [0.1, 0.15) is 11.9 Å². The van der Waals surface area contributed by atoms with Gasteiger partial charge in [0.05, 0.1) is 4.90 Å². The maximum absolute atomic E-state index is 12.7. The summed E-state index contributed by atoms with van der Waals surface area (Å²) in [5.41, 5.74) is 0. The molecule has 1 aromatic rings. The number of hydrogen-bond donors (Lipinski definition) is 0. The second-order valence-electron chi connectivity index (χ2n) is 6.25. The van der Waals surface area contributed by atoms with E-state index >= 15 is 0 Å². The predicted molar refractivity (Wildman–Crippen MR) is 87.4 cm³/mol. The summed E-state index contributed by atoms with van der Waals surface area (Å²) >= 11 is 0. The Morgan fingerprint density at radius 1 is 1.11 bits per heavy atom. The van der Waals surface area contributed by atoms with Crippen LogP contribution in [0.3, 0.4) is 0 Å². The number of piperazine rings is 1. The van der Waals surface area contributed by atoms with Gasteiger partial charge in [-0.25, -0.2) is 8.42 Å². The van der Waals surface area contributed by atoms with E-state index in [2.05, 4.69) is 4.74 Å². The van der Waals surface area contributed by atoms with E-state index < -0.39 is 28.2 Å². The molecule has 0 spiro atoms. The van der Waals surface area contributed by atoms with Gasteiger partial charge in [-0.3, -0.25) is 4.79 Å². The first-order chi connectivity index (χ1) is 12.7.